The van der Waals surface area contributed by atoms with Crippen LogP contribution in [0.1, 0.15) is 0 Å². The summed E-state index contributed by atoms with van der Waals surface area (Å²) >= 11 is 6.04. The molecule has 0 spiro atoms. The number of nitrogens with one attached hydrogen (secondary N) is 1. The second kappa shape index (κ2) is 4.57. The topological polar surface area (TPSA) is 77.1 Å². The van der Waals surface area contributed by atoms with Gasteiger partial charge in [0.05, 0.1) is 10.5 Å². The van der Waals surface area contributed by atoms with E-state index in [1.807, 2.05) is 5.43 Å². The van der Waals surface area contributed by atoms with E-state index in [1.165, 1.54) is 12.3 Å². The van der Waals surface area contributed by atoms with E-state index in [4.69, 9.17) is 17.4 Å². The zero-order valence-electron chi connectivity index (χ0n) is 8.81. The maximum absolute atomic E-state index is 11.6. The fourth-order valence-electron chi connectivity index (χ4n) is 1.66. The number of halogens is 1. The molecule has 0 saturated carbocycles. The molecular weight excluding hydrogens is 242 g/mol. The average Bonchev–Trinajstić information content (AvgIpc) is 2.33. The Bertz CT molecular complexity index is 636. The van der Waals surface area contributed by atoms with Gasteiger partial charge in [-0.2, -0.15) is 0 Å². The number of carbonyl (C=O) groups excluding carboxylic acids is 1. The van der Waals surface area contributed by atoms with Crippen LogP contribution in [-0.4, -0.2) is 10.5 Å². The maximum atomic E-state index is 11.6. The third kappa shape index (κ3) is 2.15. The first-order valence-corrected chi connectivity index (χ1v) is 5.28. The van der Waals surface area contributed by atoms with E-state index in [1.54, 1.807) is 22.8 Å². The summed E-state index contributed by atoms with van der Waals surface area (Å²) in [5.41, 5.74) is 2.43. The van der Waals surface area contributed by atoms with Gasteiger partial charge < -0.3 is 4.57 Å². The van der Waals surface area contributed by atoms with Crippen LogP contribution in [-0.2, 0) is 11.3 Å². The number of hydrogen-bond donors (Lipinski definition) is 2. The van der Waals surface area contributed by atoms with Gasteiger partial charge in [0.15, 0.2) is 5.43 Å². The van der Waals surface area contributed by atoms with Crippen molar-refractivity contribution in [2.24, 2.45) is 5.84 Å². The van der Waals surface area contributed by atoms with E-state index in [0.29, 0.717) is 15.9 Å². The van der Waals surface area contributed by atoms with Gasteiger partial charge in [-0.25, -0.2) is 5.84 Å². The summed E-state index contributed by atoms with van der Waals surface area (Å²) < 4.78 is 1.58. The molecule has 0 unspecified atom stereocenters. The summed E-state index contributed by atoms with van der Waals surface area (Å²) in [4.78, 5) is 22.9. The molecule has 0 aliphatic heterocycles. The molecule has 1 aromatic heterocycles. The zero-order chi connectivity index (χ0) is 12.4. The molecule has 5 nitrogen and oxygen atoms in total. The molecule has 1 heterocycles. The molecule has 0 aliphatic carbocycles. The minimum absolute atomic E-state index is 0.0109. The molecule has 2 aromatic rings. The number of pyridine rings is 1. The van der Waals surface area contributed by atoms with E-state index in [0.717, 1.165) is 0 Å². The van der Waals surface area contributed by atoms with Gasteiger partial charge in [0.25, 0.3) is 5.91 Å². The Balaban J connectivity index is 2.68. The monoisotopic (exact) mass is 251 g/mol. The summed E-state index contributed by atoms with van der Waals surface area (Å²) in [6, 6.07) is 6.42. The van der Waals surface area contributed by atoms with Crippen LogP contribution in [0.25, 0.3) is 10.9 Å². The van der Waals surface area contributed by atoms with Gasteiger partial charge in [0.2, 0.25) is 0 Å². The Hall–Kier alpha value is -1.85. The minimum Gasteiger partial charge on any atom is -0.337 e. The average molecular weight is 252 g/mol. The fraction of sp³-hybridized carbons (Fsp3) is 0.0909. The van der Waals surface area contributed by atoms with Crippen molar-refractivity contribution < 1.29 is 4.79 Å². The van der Waals surface area contributed by atoms with E-state index in [2.05, 4.69) is 0 Å². The van der Waals surface area contributed by atoms with Gasteiger partial charge in [-0.15, -0.1) is 0 Å². The summed E-state index contributed by atoms with van der Waals surface area (Å²) in [5, 5.41) is 0.898. The Labute approximate surface area is 102 Å². The number of aromatic nitrogens is 1. The standard InChI is InChI=1S/C11H10ClN3O2/c12-8-3-1-2-7-9(16)4-5-15(11(7)8)6-10(17)14-13/h1-5H,6,13H2,(H,14,17). The molecule has 0 bridgehead atoms. The van der Waals surface area contributed by atoms with Crippen LogP contribution in [0, 0.1) is 0 Å². The number of hydrazine groups is 1. The third-order valence-electron chi connectivity index (χ3n) is 2.42. The van der Waals surface area contributed by atoms with Gasteiger partial charge >= 0.3 is 0 Å². The molecule has 1 amide bonds. The molecule has 0 fully saturated rings. The molecule has 0 atom stereocenters. The van der Waals surface area contributed by atoms with E-state index >= 15 is 0 Å². The lowest BCUT2D eigenvalue weighted by atomic mass is 10.2. The van der Waals surface area contributed by atoms with Crippen molar-refractivity contribution >= 4 is 28.4 Å². The van der Waals surface area contributed by atoms with Crippen molar-refractivity contribution in [2.75, 3.05) is 0 Å². The van der Waals surface area contributed by atoms with Crippen LogP contribution >= 0.6 is 11.6 Å². The van der Waals surface area contributed by atoms with Crippen LogP contribution in [0.4, 0.5) is 0 Å². The lowest BCUT2D eigenvalue weighted by Gasteiger charge is -2.10. The van der Waals surface area contributed by atoms with Gasteiger partial charge in [-0.3, -0.25) is 15.0 Å². The third-order valence-corrected chi connectivity index (χ3v) is 2.73. The molecule has 6 heteroatoms. The highest BCUT2D eigenvalue weighted by Crippen LogP contribution is 2.20. The van der Waals surface area contributed by atoms with Crippen LogP contribution in [0.15, 0.2) is 35.3 Å². The Morgan fingerprint density at radius 1 is 1.41 bits per heavy atom. The van der Waals surface area contributed by atoms with Crippen LogP contribution in [0.3, 0.4) is 0 Å². The highest BCUT2D eigenvalue weighted by molar-refractivity contribution is 6.35. The van der Waals surface area contributed by atoms with Crippen molar-refractivity contribution in [3.63, 3.8) is 0 Å². The van der Waals surface area contributed by atoms with Crippen molar-refractivity contribution in [1.29, 1.82) is 0 Å². The Morgan fingerprint density at radius 2 is 2.18 bits per heavy atom. The van der Waals surface area contributed by atoms with Crippen LogP contribution in [0.2, 0.25) is 5.02 Å². The van der Waals surface area contributed by atoms with Crippen molar-refractivity contribution in [2.45, 2.75) is 6.54 Å². The molecule has 3 N–H and O–H groups in total. The first-order chi connectivity index (χ1) is 8.13. The van der Waals surface area contributed by atoms with Crippen molar-refractivity contribution in [3.05, 3.63) is 45.7 Å². The predicted molar refractivity (Wildman–Crippen MR) is 65.5 cm³/mol. The normalized spacial score (nSPS) is 10.5. The SMILES string of the molecule is NNC(=O)Cn1ccc(=O)c2cccc(Cl)c21. The summed E-state index contributed by atoms with van der Waals surface area (Å²) in [5.74, 6) is 4.66. The number of nitrogens with zero attached hydrogens (tertiary/aromatic N) is 1. The molecule has 0 aliphatic rings. The largest absolute Gasteiger partial charge is 0.337 e. The number of rotatable bonds is 2. The lowest BCUT2D eigenvalue weighted by molar-refractivity contribution is -0.121. The van der Waals surface area contributed by atoms with Crippen LogP contribution < -0.4 is 16.7 Å². The number of carbonyl (C=O) groups is 1. The summed E-state index contributed by atoms with van der Waals surface area (Å²) in [7, 11) is 0. The maximum Gasteiger partial charge on any atom is 0.253 e. The Kier molecular flexibility index (Phi) is 3.12. The first-order valence-electron chi connectivity index (χ1n) is 4.90. The van der Waals surface area contributed by atoms with Crippen molar-refractivity contribution in [3.8, 4) is 0 Å². The fourth-order valence-corrected chi connectivity index (χ4v) is 1.94. The van der Waals surface area contributed by atoms with Gasteiger partial charge in [0, 0.05) is 17.6 Å². The second-order valence-corrected chi connectivity index (χ2v) is 3.92. The smallest absolute Gasteiger partial charge is 0.253 e. The molecule has 17 heavy (non-hydrogen) atoms. The molecule has 88 valence electrons. The van der Waals surface area contributed by atoms with Gasteiger partial charge in [-0.05, 0) is 12.1 Å². The quantitative estimate of drug-likeness (QED) is 0.467. The molecule has 1 aromatic carbocycles. The lowest BCUT2D eigenvalue weighted by Crippen LogP contribution is -2.33. The number of benzene rings is 1. The van der Waals surface area contributed by atoms with Crippen molar-refractivity contribution in [1.82, 2.24) is 9.99 Å². The molecule has 2 rings (SSSR count). The van der Waals surface area contributed by atoms with Gasteiger partial charge in [0.1, 0.15) is 6.54 Å². The predicted octanol–water partition coefficient (Wildman–Crippen LogP) is 0.645. The number of para-hydroxylation sites is 1. The molecular formula is C11H10ClN3O2. The second-order valence-electron chi connectivity index (χ2n) is 3.51. The first kappa shape index (κ1) is 11.6. The molecule has 0 radical (unpaired) electrons. The van der Waals surface area contributed by atoms with Gasteiger partial charge in [-0.1, -0.05) is 17.7 Å². The summed E-state index contributed by atoms with van der Waals surface area (Å²) in [6.45, 7) is 0.0109. The summed E-state index contributed by atoms with van der Waals surface area (Å²) in [6.07, 6.45) is 1.52. The minimum atomic E-state index is -0.366. The molecule has 0 saturated heterocycles. The number of nitrogens with two attached hydrogens (primary N) is 1. The highest BCUT2D eigenvalue weighted by atomic mass is 35.5. The number of fused-ring (bicyclic) bond motifs is 1. The number of amides is 1. The van der Waals surface area contributed by atoms with E-state index in [-0.39, 0.29) is 17.9 Å². The van der Waals surface area contributed by atoms with E-state index in [9.17, 15) is 9.59 Å². The van der Waals surface area contributed by atoms with Crippen LogP contribution in [0.5, 0.6) is 0 Å². The Morgan fingerprint density at radius 3 is 2.88 bits per heavy atom. The zero-order valence-corrected chi connectivity index (χ0v) is 9.57. The highest BCUT2D eigenvalue weighted by Gasteiger charge is 2.08. The number of hydrogen-bond acceptors (Lipinski definition) is 3. The van der Waals surface area contributed by atoms with E-state index < -0.39 is 0 Å².